The summed E-state index contributed by atoms with van der Waals surface area (Å²) in [5.41, 5.74) is 1.76. The number of sulfonamides is 1. The van der Waals surface area contributed by atoms with E-state index in [-0.39, 0.29) is 22.6 Å². The van der Waals surface area contributed by atoms with Crippen LogP contribution in [0.5, 0.6) is 0 Å². The predicted octanol–water partition coefficient (Wildman–Crippen LogP) is 2.72. The molecule has 4 rings (SSSR count). The number of anilines is 1. The zero-order chi connectivity index (χ0) is 20.6. The van der Waals surface area contributed by atoms with Gasteiger partial charge in [0.05, 0.1) is 24.1 Å². The number of nitrogens with zero attached hydrogens (tertiary/aromatic N) is 2. The van der Waals surface area contributed by atoms with Crippen LogP contribution in [0.1, 0.15) is 30.0 Å². The van der Waals surface area contributed by atoms with Crippen LogP contribution in [-0.2, 0) is 21.2 Å². The molecular weight excluding hydrogens is 395 g/mol. The van der Waals surface area contributed by atoms with Crippen molar-refractivity contribution in [3.05, 3.63) is 72.1 Å². The number of amides is 1. The Kier molecular flexibility index (Phi) is 4.93. The third-order valence-electron chi connectivity index (χ3n) is 4.74. The highest BCUT2D eigenvalue weighted by molar-refractivity contribution is 7.89. The lowest BCUT2D eigenvalue weighted by Gasteiger charge is -2.12. The average Bonchev–Trinajstić information content (AvgIpc) is 3.40. The van der Waals surface area contributed by atoms with Crippen LogP contribution in [0.3, 0.4) is 0 Å². The van der Waals surface area contributed by atoms with E-state index in [4.69, 9.17) is 5.14 Å². The van der Waals surface area contributed by atoms with Crippen molar-refractivity contribution in [3.63, 3.8) is 0 Å². The van der Waals surface area contributed by atoms with E-state index in [0.29, 0.717) is 11.6 Å². The Morgan fingerprint density at radius 3 is 2.69 bits per heavy atom. The Hall–Kier alpha value is -3.04. The van der Waals surface area contributed by atoms with Crippen LogP contribution in [0.4, 0.5) is 10.1 Å². The van der Waals surface area contributed by atoms with Crippen molar-refractivity contribution in [3.8, 4) is 5.69 Å². The number of rotatable bonds is 6. The van der Waals surface area contributed by atoms with Crippen LogP contribution in [0.15, 0.2) is 59.9 Å². The van der Waals surface area contributed by atoms with Gasteiger partial charge in [0.15, 0.2) is 0 Å². The van der Waals surface area contributed by atoms with Gasteiger partial charge in [0.25, 0.3) is 0 Å². The molecule has 1 fully saturated rings. The first-order valence-corrected chi connectivity index (χ1v) is 10.6. The van der Waals surface area contributed by atoms with Crippen molar-refractivity contribution < 1.29 is 17.6 Å². The second-order valence-corrected chi connectivity index (χ2v) is 8.55. The molecule has 1 saturated carbocycles. The summed E-state index contributed by atoms with van der Waals surface area (Å²) in [6.45, 7) is 0. The molecule has 0 aliphatic heterocycles. The minimum atomic E-state index is -4.06. The van der Waals surface area contributed by atoms with E-state index in [1.165, 1.54) is 18.2 Å². The summed E-state index contributed by atoms with van der Waals surface area (Å²) in [5.74, 6) is -0.525. The van der Waals surface area contributed by atoms with Crippen LogP contribution >= 0.6 is 0 Å². The first-order chi connectivity index (χ1) is 13.8. The second kappa shape index (κ2) is 7.41. The van der Waals surface area contributed by atoms with Gasteiger partial charge in [-0.2, -0.15) is 0 Å². The first kappa shape index (κ1) is 19.3. The highest BCUT2D eigenvalue weighted by Gasteiger charge is 2.26. The molecule has 0 unspecified atom stereocenters. The third-order valence-corrected chi connectivity index (χ3v) is 5.68. The number of nitrogens with one attached hydrogen (secondary N) is 1. The minimum Gasteiger partial charge on any atom is -0.326 e. The average molecular weight is 414 g/mol. The van der Waals surface area contributed by atoms with Crippen molar-refractivity contribution in [2.24, 2.45) is 5.14 Å². The smallest absolute Gasteiger partial charge is 0.240 e. The number of hydrogen-bond acceptors (Lipinski definition) is 4. The van der Waals surface area contributed by atoms with Crippen molar-refractivity contribution in [1.29, 1.82) is 0 Å². The first-order valence-electron chi connectivity index (χ1n) is 9.05. The van der Waals surface area contributed by atoms with Crippen LogP contribution in [0.2, 0.25) is 0 Å². The fourth-order valence-corrected chi connectivity index (χ4v) is 3.87. The molecule has 1 heterocycles. The Bertz CT molecular complexity index is 1190. The normalized spacial score (nSPS) is 14.0. The SMILES string of the molecule is NS(=O)(=O)c1cc(NC(=O)Cc2ccccc2F)ccc1-n1cnc(C2CC2)c1. The fraction of sp³-hybridized carbons (Fsp3) is 0.200. The van der Waals surface area contributed by atoms with E-state index in [1.54, 1.807) is 41.4 Å². The molecule has 7 nitrogen and oxygen atoms in total. The van der Waals surface area contributed by atoms with Crippen LogP contribution < -0.4 is 10.5 Å². The number of nitrogens with two attached hydrogens (primary N) is 1. The molecule has 0 spiro atoms. The molecule has 9 heteroatoms. The standard InChI is InChI=1S/C20H19FN4O3S/c21-16-4-2-1-3-14(16)9-20(26)24-15-7-8-18(19(10-15)29(22,27)28)25-11-17(23-12-25)13-5-6-13/h1-4,7-8,10-13H,5-6,9H2,(H,24,26)(H2,22,27,28). The summed E-state index contributed by atoms with van der Waals surface area (Å²) in [7, 11) is -4.06. The maximum absolute atomic E-state index is 13.7. The lowest BCUT2D eigenvalue weighted by molar-refractivity contribution is -0.115. The maximum atomic E-state index is 13.7. The number of halogens is 1. The summed E-state index contributed by atoms with van der Waals surface area (Å²) in [4.78, 5) is 16.4. The van der Waals surface area contributed by atoms with Gasteiger partial charge in [-0.25, -0.2) is 22.9 Å². The molecule has 1 aliphatic carbocycles. The summed E-state index contributed by atoms with van der Waals surface area (Å²) in [6.07, 6.45) is 5.32. The fourth-order valence-electron chi connectivity index (χ4n) is 3.11. The second-order valence-electron chi connectivity index (χ2n) is 7.02. The molecule has 1 aromatic heterocycles. The Labute approximate surface area is 167 Å². The number of benzene rings is 2. The number of primary sulfonamides is 1. The van der Waals surface area contributed by atoms with Crippen LogP contribution in [0.25, 0.3) is 5.69 Å². The Morgan fingerprint density at radius 2 is 2.00 bits per heavy atom. The molecule has 1 aliphatic rings. The van der Waals surface area contributed by atoms with Gasteiger partial charge in [0.1, 0.15) is 10.7 Å². The molecule has 3 aromatic rings. The van der Waals surface area contributed by atoms with Gasteiger partial charge in [0, 0.05) is 17.8 Å². The van der Waals surface area contributed by atoms with Crippen molar-refractivity contribution in [2.75, 3.05) is 5.32 Å². The van der Waals surface area contributed by atoms with Gasteiger partial charge in [-0.1, -0.05) is 18.2 Å². The topological polar surface area (TPSA) is 107 Å². The minimum absolute atomic E-state index is 0.138. The molecule has 0 bridgehead atoms. The van der Waals surface area contributed by atoms with Gasteiger partial charge in [-0.3, -0.25) is 4.79 Å². The molecule has 0 radical (unpaired) electrons. The number of aromatic nitrogens is 2. The van der Waals surface area contributed by atoms with Crippen molar-refractivity contribution in [2.45, 2.75) is 30.1 Å². The Balaban J connectivity index is 1.60. The lowest BCUT2D eigenvalue weighted by Crippen LogP contribution is -2.18. The third kappa shape index (κ3) is 4.36. The predicted molar refractivity (Wildman–Crippen MR) is 106 cm³/mol. The van der Waals surface area contributed by atoms with E-state index in [0.717, 1.165) is 18.5 Å². The molecule has 0 saturated heterocycles. The van der Waals surface area contributed by atoms with E-state index in [9.17, 15) is 17.6 Å². The zero-order valence-electron chi connectivity index (χ0n) is 15.4. The maximum Gasteiger partial charge on any atom is 0.240 e. The van der Waals surface area contributed by atoms with E-state index in [1.807, 2.05) is 0 Å². The zero-order valence-corrected chi connectivity index (χ0v) is 16.2. The van der Waals surface area contributed by atoms with Gasteiger partial charge in [0.2, 0.25) is 15.9 Å². The quantitative estimate of drug-likeness (QED) is 0.647. The van der Waals surface area contributed by atoms with Gasteiger partial charge in [-0.15, -0.1) is 0 Å². The summed E-state index contributed by atoms with van der Waals surface area (Å²) in [5, 5.41) is 7.98. The molecular formula is C20H19FN4O3S. The largest absolute Gasteiger partial charge is 0.326 e. The number of hydrogen-bond donors (Lipinski definition) is 2. The lowest BCUT2D eigenvalue weighted by atomic mass is 10.1. The van der Waals surface area contributed by atoms with Crippen LogP contribution in [-0.4, -0.2) is 23.9 Å². The number of carbonyl (C=O) groups is 1. The number of carbonyl (C=O) groups excluding carboxylic acids is 1. The molecule has 3 N–H and O–H groups in total. The molecule has 150 valence electrons. The van der Waals surface area contributed by atoms with Gasteiger partial charge < -0.3 is 9.88 Å². The summed E-state index contributed by atoms with van der Waals surface area (Å²) in [6, 6.07) is 10.4. The highest BCUT2D eigenvalue weighted by Crippen LogP contribution is 2.39. The molecule has 2 aromatic carbocycles. The van der Waals surface area contributed by atoms with E-state index < -0.39 is 21.7 Å². The molecule has 0 atom stereocenters. The molecule has 1 amide bonds. The Morgan fingerprint density at radius 1 is 1.24 bits per heavy atom. The van der Waals surface area contributed by atoms with E-state index >= 15 is 0 Å². The molecule has 29 heavy (non-hydrogen) atoms. The van der Waals surface area contributed by atoms with Gasteiger partial charge in [-0.05, 0) is 42.7 Å². The van der Waals surface area contributed by atoms with Crippen molar-refractivity contribution >= 4 is 21.6 Å². The summed E-state index contributed by atoms with van der Waals surface area (Å²) >= 11 is 0. The number of imidazole rings is 1. The summed E-state index contributed by atoms with van der Waals surface area (Å²) < 4.78 is 39.6. The van der Waals surface area contributed by atoms with E-state index in [2.05, 4.69) is 10.3 Å². The van der Waals surface area contributed by atoms with Crippen LogP contribution in [0, 0.1) is 5.82 Å². The van der Waals surface area contributed by atoms with Gasteiger partial charge >= 0.3 is 0 Å². The van der Waals surface area contributed by atoms with Crippen molar-refractivity contribution in [1.82, 2.24) is 9.55 Å². The highest BCUT2D eigenvalue weighted by atomic mass is 32.2. The monoisotopic (exact) mass is 414 g/mol.